The van der Waals surface area contributed by atoms with Crippen molar-refractivity contribution in [3.63, 3.8) is 0 Å². The van der Waals surface area contributed by atoms with Crippen LogP contribution >= 0.6 is 0 Å². The molecule has 28 heavy (non-hydrogen) atoms. The fraction of sp³-hybridized carbons (Fsp3) is 0.174. The summed E-state index contributed by atoms with van der Waals surface area (Å²) in [5, 5.41) is 2.91. The molecule has 3 rings (SSSR count). The largest absolute Gasteiger partial charge is 0.320 e. The zero-order valence-electron chi connectivity index (χ0n) is 16.2. The summed E-state index contributed by atoms with van der Waals surface area (Å²) >= 11 is 0. The molecule has 0 aliphatic heterocycles. The van der Waals surface area contributed by atoms with Gasteiger partial charge in [0.1, 0.15) is 11.4 Å². The molecule has 0 spiro atoms. The van der Waals surface area contributed by atoms with Crippen LogP contribution in [0.15, 0.2) is 72.8 Å². The maximum absolute atomic E-state index is 12.8. The first-order valence-electron chi connectivity index (χ1n) is 9.18. The van der Waals surface area contributed by atoms with Gasteiger partial charge in [0, 0.05) is 18.4 Å². The van der Waals surface area contributed by atoms with Gasteiger partial charge < -0.3 is 10.2 Å². The summed E-state index contributed by atoms with van der Waals surface area (Å²) in [7, 11) is 1.69. The van der Waals surface area contributed by atoms with Crippen molar-refractivity contribution >= 4 is 23.2 Å². The predicted octanol–water partition coefficient (Wildman–Crippen LogP) is 4.73. The van der Waals surface area contributed by atoms with Gasteiger partial charge in [0.2, 0.25) is 0 Å². The summed E-state index contributed by atoms with van der Waals surface area (Å²) in [6.07, 6.45) is 0. The molecule has 0 aliphatic carbocycles. The highest BCUT2D eigenvalue weighted by molar-refractivity contribution is 6.07. The molecule has 1 heterocycles. The zero-order valence-corrected chi connectivity index (χ0v) is 16.2. The standard InChI is InChI=1S/C23H23N3O2/c1-16(2)18-12-7-8-13-19(18)25-22(27)20-14-9-15-21(24-20)23(28)26(3)17-10-5-4-6-11-17/h4-16H,1-3H3,(H,25,27). The van der Waals surface area contributed by atoms with Crippen molar-refractivity contribution in [1.29, 1.82) is 0 Å². The quantitative estimate of drug-likeness (QED) is 0.703. The number of pyridine rings is 1. The highest BCUT2D eigenvalue weighted by Crippen LogP contribution is 2.24. The van der Waals surface area contributed by atoms with E-state index in [1.807, 2.05) is 54.6 Å². The van der Waals surface area contributed by atoms with Crippen molar-refractivity contribution in [2.24, 2.45) is 0 Å². The molecule has 142 valence electrons. The summed E-state index contributed by atoms with van der Waals surface area (Å²) in [5.74, 6) is -0.342. The van der Waals surface area contributed by atoms with Crippen molar-refractivity contribution in [3.8, 4) is 0 Å². The van der Waals surface area contributed by atoms with Crippen LogP contribution in [0.1, 0.15) is 46.3 Å². The Morgan fingerprint density at radius 1 is 0.857 bits per heavy atom. The van der Waals surface area contributed by atoms with E-state index in [4.69, 9.17) is 0 Å². The number of rotatable bonds is 5. The van der Waals surface area contributed by atoms with Gasteiger partial charge in [-0.05, 0) is 41.8 Å². The molecule has 0 saturated carbocycles. The number of nitrogens with one attached hydrogen (secondary N) is 1. The third kappa shape index (κ3) is 4.26. The molecular formula is C23H23N3O2. The fourth-order valence-corrected chi connectivity index (χ4v) is 2.92. The van der Waals surface area contributed by atoms with Crippen molar-refractivity contribution in [1.82, 2.24) is 4.98 Å². The Morgan fingerprint density at radius 2 is 1.50 bits per heavy atom. The Labute approximate surface area is 165 Å². The molecule has 0 saturated heterocycles. The smallest absolute Gasteiger partial charge is 0.276 e. The monoisotopic (exact) mass is 373 g/mol. The van der Waals surface area contributed by atoms with E-state index in [-0.39, 0.29) is 29.1 Å². The average Bonchev–Trinajstić information content (AvgIpc) is 2.73. The van der Waals surface area contributed by atoms with Gasteiger partial charge in [0.15, 0.2) is 0 Å². The molecule has 0 aliphatic rings. The lowest BCUT2D eigenvalue weighted by atomic mass is 10.0. The minimum atomic E-state index is -0.342. The van der Waals surface area contributed by atoms with Crippen LogP contribution in [-0.2, 0) is 0 Å². The van der Waals surface area contributed by atoms with E-state index in [9.17, 15) is 9.59 Å². The zero-order chi connectivity index (χ0) is 20.1. The average molecular weight is 373 g/mol. The van der Waals surface area contributed by atoms with E-state index >= 15 is 0 Å². The minimum Gasteiger partial charge on any atom is -0.320 e. The van der Waals surface area contributed by atoms with Crippen LogP contribution in [0, 0.1) is 0 Å². The van der Waals surface area contributed by atoms with Crippen molar-refractivity contribution < 1.29 is 9.59 Å². The van der Waals surface area contributed by atoms with E-state index in [1.165, 1.54) is 4.90 Å². The third-order valence-corrected chi connectivity index (χ3v) is 4.48. The van der Waals surface area contributed by atoms with Crippen molar-refractivity contribution in [3.05, 3.63) is 89.7 Å². The van der Waals surface area contributed by atoms with Crippen LogP contribution in [0.25, 0.3) is 0 Å². The number of para-hydroxylation sites is 2. The van der Waals surface area contributed by atoms with Crippen LogP contribution in [0.5, 0.6) is 0 Å². The normalized spacial score (nSPS) is 10.6. The molecule has 3 aromatic rings. The molecule has 0 atom stereocenters. The molecule has 0 radical (unpaired) electrons. The maximum Gasteiger partial charge on any atom is 0.276 e. The Bertz CT molecular complexity index is 984. The minimum absolute atomic E-state index is 0.200. The molecule has 2 aromatic carbocycles. The first-order valence-corrected chi connectivity index (χ1v) is 9.18. The lowest BCUT2D eigenvalue weighted by Crippen LogP contribution is -2.27. The summed E-state index contributed by atoms with van der Waals surface area (Å²) in [4.78, 5) is 31.3. The lowest BCUT2D eigenvalue weighted by Gasteiger charge is -2.17. The summed E-state index contributed by atoms with van der Waals surface area (Å²) in [6, 6.07) is 21.9. The van der Waals surface area contributed by atoms with Gasteiger partial charge in [0.25, 0.3) is 11.8 Å². The highest BCUT2D eigenvalue weighted by atomic mass is 16.2. The second-order valence-electron chi connectivity index (χ2n) is 6.80. The van der Waals surface area contributed by atoms with Gasteiger partial charge in [-0.1, -0.05) is 56.3 Å². The molecule has 5 nitrogen and oxygen atoms in total. The third-order valence-electron chi connectivity index (χ3n) is 4.48. The number of carbonyl (C=O) groups excluding carboxylic acids is 2. The molecule has 0 unspecified atom stereocenters. The number of hydrogen-bond acceptors (Lipinski definition) is 3. The lowest BCUT2D eigenvalue weighted by molar-refractivity contribution is 0.0988. The van der Waals surface area contributed by atoms with Crippen LogP contribution < -0.4 is 10.2 Å². The van der Waals surface area contributed by atoms with Gasteiger partial charge >= 0.3 is 0 Å². The second kappa shape index (κ2) is 8.48. The van der Waals surface area contributed by atoms with Gasteiger partial charge in [-0.2, -0.15) is 0 Å². The maximum atomic E-state index is 12.8. The molecule has 2 amide bonds. The number of nitrogens with zero attached hydrogens (tertiary/aromatic N) is 2. The Morgan fingerprint density at radius 3 is 2.21 bits per heavy atom. The highest BCUT2D eigenvalue weighted by Gasteiger charge is 2.18. The van der Waals surface area contributed by atoms with Crippen LogP contribution in [0.2, 0.25) is 0 Å². The van der Waals surface area contributed by atoms with Gasteiger partial charge in [-0.3, -0.25) is 9.59 Å². The number of aromatic nitrogens is 1. The van der Waals surface area contributed by atoms with E-state index < -0.39 is 0 Å². The summed E-state index contributed by atoms with van der Waals surface area (Å²) < 4.78 is 0. The number of carbonyl (C=O) groups is 2. The van der Waals surface area contributed by atoms with Crippen LogP contribution in [0.3, 0.4) is 0 Å². The summed E-state index contributed by atoms with van der Waals surface area (Å²) in [6.45, 7) is 4.14. The van der Waals surface area contributed by atoms with E-state index in [1.54, 1.807) is 25.2 Å². The van der Waals surface area contributed by atoms with Crippen molar-refractivity contribution in [2.45, 2.75) is 19.8 Å². The van der Waals surface area contributed by atoms with E-state index in [2.05, 4.69) is 24.1 Å². The van der Waals surface area contributed by atoms with Gasteiger partial charge in [0.05, 0.1) is 0 Å². The first-order chi connectivity index (χ1) is 13.5. The Kier molecular flexibility index (Phi) is 5.84. The predicted molar refractivity (Wildman–Crippen MR) is 112 cm³/mol. The molecule has 0 bridgehead atoms. The van der Waals surface area contributed by atoms with Crippen LogP contribution in [0.4, 0.5) is 11.4 Å². The van der Waals surface area contributed by atoms with E-state index in [0.717, 1.165) is 16.9 Å². The Balaban J connectivity index is 1.81. The molecule has 0 fully saturated rings. The number of amides is 2. The summed E-state index contributed by atoms with van der Waals surface area (Å²) in [5.41, 5.74) is 2.98. The van der Waals surface area contributed by atoms with Crippen molar-refractivity contribution in [2.75, 3.05) is 17.3 Å². The van der Waals surface area contributed by atoms with Crippen LogP contribution in [-0.4, -0.2) is 23.8 Å². The van der Waals surface area contributed by atoms with Gasteiger partial charge in [-0.25, -0.2) is 4.98 Å². The second-order valence-corrected chi connectivity index (χ2v) is 6.80. The molecular weight excluding hydrogens is 350 g/mol. The molecule has 5 heteroatoms. The number of benzene rings is 2. The topological polar surface area (TPSA) is 62.3 Å². The first kappa shape index (κ1) is 19.3. The van der Waals surface area contributed by atoms with E-state index in [0.29, 0.717) is 0 Å². The SMILES string of the molecule is CC(C)c1ccccc1NC(=O)c1cccc(C(=O)N(C)c2ccccc2)n1. The fourth-order valence-electron chi connectivity index (χ4n) is 2.92. The number of hydrogen-bond donors (Lipinski definition) is 1. The Hall–Kier alpha value is -3.47. The number of anilines is 2. The molecule has 1 N–H and O–H groups in total. The van der Waals surface area contributed by atoms with Gasteiger partial charge in [-0.15, -0.1) is 0 Å². The molecule has 1 aromatic heterocycles.